The van der Waals surface area contributed by atoms with Gasteiger partial charge in [0.2, 0.25) is 0 Å². The van der Waals surface area contributed by atoms with Gasteiger partial charge in [-0.05, 0) is 65.4 Å². The minimum Gasteiger partial charge on any atom is -0.496 e. The van der Waals surface area contributed by atoms with E-state index in [9.17, 15) is 9.90 Å². The van der Waals surface area contributed by atoms with Crippen LogP contribution in [-0.4, -0.2) is 31.3 Å². The Labute approximate surface area is 156 Å². The lowest BCUT2D eigenvalue weighted by atomic mass is 9.85. The number of hydrogen-bond donors (Lipinski definition) is 1. The molecule has 2 aromatic rings. The number of ether oxygens (including phenoxy) is 1. The molecular formula is C20H22BrNO3. The predicted molar refractivity (Wildman–Crippen MR) is 103 cm³/mol. The molecule has 132 valence electrons. The molecule has 1 aliphatic rings. The molecule has 1 amide bonds. The van der Waals surface area contributed by atoms with E-state index in [-0.39, 0.29) is 18.4 Å². The minimum atomic E-state index is -0.0161. The third-order valence-corrected chi connectivity index (χ3v) is 5.77. The quantitative estimate of drug-likeness (QED) is 0.828. The van der Waals surface area contributed by atoms with Crippen LogP contribution in [0.2, 0.25) is 0 Å². The van der Waals surface area contributed by atoms with Gasteiger partial charge in [0, 0.05) is 28.8 Å². The highest BCUT2D eigenvalue weighted by atomic mass is 79.9. The molecular weight excluding hydrogens is 382 g/mol. The Bertz CT molecular complexity index is 776. The van der Waals surface area contributed by atoms with Gasteiger partial charge in [0.05, 0.1) is 12.8 Å². The van der Waals surface area contributed by atoms with Gasteiger partial charge in [0.1, 0.15) is 5.75 Å². The number of carbonyl (C=O) groups excluding carboxylic acids is 1. The normalized spacial score (nSPS) is 16.5. The van der Waals surface area contributed by atoms with Crippen LogP contribution in [0.5, 0.6) is 5.75 Å². The van der Waals surface area contributed by atoms with Crippen LogP contribution in [0, 0.1) is 6.92 Å². The summed E-state index contributed by atoms with van der Waals surface area (Å²) in [5.74, 6) is 0.934. The van der Waals surface area contributed by atoms with E-state index in [1.54, 1.807) is 7.11 Å². The second kappa shape index (κ2) is 7.58. The van der Waals surface area contributed by atoms with Crippen molar-refractivity contribution in [1.82, 2.24) is 0 Å². The molecule has 25 heavy (non-hydrogen) atoms. The first-order valence-corrected chi connectivity index (χ1v) is 9.22. The molecule has 0 aliphatic carbocycles. The number of methoxy groups -OCH3 is 1. The van der Waals surface area contributed by atoms with Crippen molar-refractivity contribution in [2.45, 2.75) is 25.7 Å². The topological polar surface area (TPSA) is 49.8 Å². The van der Waals surface area contributed by atoms with Crippen LogP contribution in [-0.2, 0) is 0 Å². The summed E-state index contributed by atoms with van der Waals surface area (Å²) in [4.78, 5) is 14.9. The van der Waals surface area contributed by atoms with Crippen molar-refractivity contribution in [1.29, 1.82) is 0 Å². The number of aliphatic hydroxyl groups excluding tert-OH is 1. The third kappa shape index (κ3) is 3.31. The molecule has 0 fully saturated rings. The molecule has 3 rings (SSSR count). The van der Waals surface area contributed by atoms with Crippen LogP contribution in [0.4, 0.5) is 5.69 Å². The molecule has 0 saturated carbocycles. The zero-order chi connectivity index (χ0) is 18.0. The number of benzene rings is 2. The van der Waals surface area contributed by atoms with Gasteiger partial charge in [0.15, 0.2) is 0 Å². The average Bonchev–Trinajstić information content (AvgIpc) is 2.65. The van der Waals surface area contributed by atoms with E-state index < -0.39 is 0 Å². The lowest BCUT2D eigenvalue weighted by Gasteiger charge is -2.36. The van der Waals surface area contributed by atoms with Crippen LogP contribution in [0.25, 0.3) is 0 Å². The first-order chi connectivity index (χ1) is 12.1. The number of rotatable bonds is 4. The molecule has 0 radical (unpaired) electrons. The van der Waals surface area contributed by atoms with Gasteiger partial charge < -0.3 is 14.7 Å². The fourth-order valence-corrected chi connectivity index (χ4v) is 4.05. The Balaban J connectivity index is 2.15. The van der Waals surface area contributed by atoms with Gasteiger partial charge in [-0.1, -0.05) is 18.2 Å². The van der Waals surface area contributed by atoms with Crippen molar-refractivity contribution in [2.24, 2.45) is 0 Å². The van der Waals surface area contributed by atoms with Gasteiger partial charge in [-0.3, -0.25) is 4.79 Å². The number of anilines is 1. The predicted octanol–water partition coefficient (Wildman–Crippen LogP) is 4.28. The zero-order valence-corrected chi connectivity index (χ0v) is 16.0. The Morgan fingerprint density at radius 1 is 1.36 bits per heavy atom. The molecule has 4 nitrogen and oxygen atoms in total. The van der Waals surface area contributed by atoms with E-state index >= 15 is 0 Å². The molecule has 5 heteroatoms. The number of nitrogens with zero attached hydrogens (tertiary/aromatic N) is 1. The van der Waals surface area contributed by atoms with Crippen LogP contribution in [0.1, 0.15) is 40.2 Å². The maximum atomic E-state index is 13.1. The molecule has 0 bridgehead atoms. The van der Waals surface area contributed by atoms with Gasteiger partial charge >= 0.3 is 0 Å². The molecule has 1 aliphatic heterocycles. The van der Waals surface area contributed by atoms with Crippen molar-refractivity contribution in [2.75, 3.05) is 25.2 Å². The summed E-state index contributed by atoms with van der Waals surface area (Å²) in [6.07, 6.45) is 1.46. The van der Waals surface area contributed by atoms with E-state index in [1.807, 2.05) is 48.2 Å². The van der Waals surface area contributed by atoms with Gasteiger partial charge in [-0.15, -0.1) is 0 Å². The number of hydrogen-bond acceptors (Lipinski definition) is 3. The largest absolute Gasteiger partial charge is 0.496 e. The number of carbonyl (C=O) groups is 1. The van der Waals surface area contributed by atoms with Crippen LogP contribution in [0.3, 0.4) is 0 Å². The second-order valence-electron chi connectivity index (χ2n) is 6.29. The van der Waals surface area contributed by atoms with Crippen LogP contribution < -0.4 is 9.64 Å². The van der Waals surface area contributed by atoms with Crippen molar-refractivity contribution < 1.29 is 14.6 Å². The summed E-state index contributed by atoms with van der Waals surface area (Å²) >= 11 is 3.68. The van der Waals surface area contributed by atoms with Gasteiger partial charge in [-0.2, -0.15) is 0 Å². The number of fused-ring (bicyclic) bond motifs is 1. The molecule has 1 atom stereocenters. The molecule has 0 saturated heterocycles. The molecule has 0 spiro atoms. The van der Waals surface area contributed by atoms with E-state index in [1.165, 1.54) is 0 Å². The number of halogens is 1. The SMILES string of the molecule is COc1cc(C)c(Br)c2c1[C@H](CCO)CCN2C(=O)c1ccccc1. The Hall–Kier alpha value is -1.85. The lowest BCUT2D eigenvalue weighted by molar-refractivity contribution is 0.0983. The number of amides is 1. The standard InChI is InChI=1S/C20H22BrNO3/c1-13-12-16(25-2)17-14(9-11-23)8-10-22(19(17)18(13)21)20(24)15-6-4-3-5-7-15/h3-7,12,14,23H,8-11H2,1-2H3/t14-/m0/s1. The Morgan fingerprint density at radius 3 is 2.72 bits per heavy atom. The zero-order valence-electron chi connectivity index (χ0n) is 14.5. The fourth-order valence-electron chi connectivity index (χ4n) is 3.51. The molecule has 0 aromatic heterocycles. The van der Waals surface area contributed by atoms with E-state index in [0.29, 0.717) is 18.5 Å². The highest BCUT2D eigenvalue weighted by molar-refractivity contribution is 9.10. The highest BCUT2D eigenvalue weighted by Gasteiger charge is 2.34. The maximum Gasteiger partial charge on any atom is 0.258 e. The smallest absolute Gasteiger partial charge is 0.258 e. The lowest BCUT2D eigenvalue weighted by Crippen LogP contribution is -2.37. The molecule has 1 heterocycles. The van der Waals surface area contributed by atoms with E-state index in [0.717, 1.165) is 33.5 Å². The summed E-state index contributed by atoms with van der Waals surface area (Å²) < 4.78 is 6.53. The summed E-state index contributed by atoms with van der Waals surface area (Å²) in [5, 5.41) is 9.45. The van der Waals surface area contributed by atoms with Crippen molar-refractivity contribution in [3.05, 3.63) is 57.6 Å². The fraction of sp³-hybridized carbons (Fsp3) is 0.350. The second-order valence-corrected chi connectivity index (χ2v) is 7.09. The monoisotopic (exact) mass is 403 g/mol. The summed E-state index contributed by atoms with van der Waals surface area (Å²) in [6, 6.07) is 11.3. The Morgan fingerprint density at radius 2 is 2.08 bits per heavy atom. The molecule has 1 N–H and O–H groups in total. The Kier molecular flexibility index (Phi) is 5.45. The van der Waals surface area contributed by atoms with E-state index in [2.05, 4.69) is 15.9 Å². The van der Waals surface area contributed by atoms with Gasteiger partial charge in [0.25, 0.3) is 5.91 Å². The van der Waals surface area contributed by atoms with Crippen molar-refractivity contribution in [3.8, 4) is 5.75 Å². The van der Waals surface area contributed by atoms with E-state index in [4.69, 9.17) is 4.74 Å². The average molecular weight is 404 g/mol. The summed E-state index contributed by atoms with van der Waals surface area (Å²) in [7, 11) is 1.65. The first kappa shape index (κ1) is 18.0. The minimum absolute atomic E-state index is 0.0161. The van der Waals surface area contributed by atoms with Crippen LogP contribution in [0.15, 0.2) is 40.9 Å². The molecule has 2 aromatic carbocycles. The number of aliphatic hydroxyl groups is 1. The van der Waals surface area contributed by atoms with Crippen molar-refractivity contribution in [3.63, 3.8) is 0 Å². The van der Waals surface area contributed by atoms with Crippen LogP contribution >= 0.6 is 15.9 Å². The first-order valence-electron chi connectivity index (χ1n) is 8.43. The third-order valence-electron chi connectivity index (χ3n) is 4.76. The maximum absolute atomic E-state index is 13.1. The number of aryl methyl sites for hydroxylation is 1. The highest BCUT2D eigenvalue weighted by Crippen LogP contribution is 2.48. The molecule has 0 unspecified atom stereocenters. The summed E-state index contributed by atoms with van der Waals surface area (Å²) in [6.45, 7) is 2.73. The van der Waals surface area contributed by atoms with Crippen molar-refractivity contribution >= 4 is 27.5 Å². The summed E-state index contributed by atoms with van der Waals surface area (Å²) in [5.41, 5.74) is 3.56. The van der Waals surface area contributed by atoms with Gasteiger partial charge in [-0.25, -0.2) is 0 Å².